The van der Waals surface area contributed by atoms with Crippen LogP contribution >= 0.6 is 0 Å². The van der Waals surface area contributed by atoms with Crippen LogP contribution in [0.4, 0.5) is 5.95 Å². The van der Waals surface area contributed by atoms with Gasteiger partial charge in [-0.25, -0.2) is 9.78 Å². The number of nitrogens with one attached hydrogen (secondary N) is 1. The highest BCUT2D eigenvalue weighted by atomic mass is 16.5. The van der Waals surface area contributed by atoms with E-state index >= 15 is 0 Å². The highest BCUT2D eigenvalue weighted by molar-refractivity contribution is 5.94. The molecule has 7 heteroatoms. The zero-order valence-electron chi connectivity index (χ0n) is 19.7. The predicted octanol–water partition coefficient (Wildman–Crippen LogP) is 5.47. The van der Waals surface area contributed by atoms with Crippen LogP contribution in [0.5, 0.6) is 11.5 Å². The van der Waals surface area contributed by atoms with Crippen molar-refractivity contribution in [3.8, 4) is 11.5 Å². The monoisotopic (exact) mass is 449 g/mol. The number of imidazole rings is 1. The molecular weight excluding hydrogens is 418 g/mol. The normalized spacial score (nSPS) is 15.2. The lowest BCUT2D eigenvalue weighted by Crippen LogP contribution is -2.29. The summed E-state index contributed by atoms with van der Waals surface area (Å²) in [5.74, 6) is 1.71. The molecule has 2 aromatic carbocycles. The molecule has 1 aromatic heterocycles. The summed E-state index contributed by atoms with van der Waals surface area (Å²) in [4.78, 5) is 17.9. The second kappa shape index (κ2) is 9.98. The van der Waals surface area contributed by atoms with Gasteiger partial charge in [0.15, 0.2) is 11.5 Å². The number of aromatic nitrogens is 2. The highest BCUT2D eigenvalue weighted by Crippen LogP contribution is 2.42. The van der Waals surface area contributed by atoms with Gasteiger partial charge in [-0.3, -0.25) is 4.57 Å². The number of ether oxygens (including phenoxy) is 3. The van der Waals surface area contributed by atoms with Crippen LogP contribution in [0.1, 0.15) is 52.1 Å². The molecule has 4 rings (SSSR count). The van der Waals surface area contributed by atoms with E-state index in [1.807, 2.05) is 63.2 Å². The Kier molecular flexibility index (Phi) is 6.87. The molecule has 33 heavy (non-hydrogen) atoms. The van der Waals surface area contributed by atoms with Crippen LogP contribution in [-0.4, -0.2) is 35.3 Å². The maximum Gasteiger partial charge on any atom is 0.338 e. The van der Waals surface area contributed by atoms with Crippen LogP contribution < -0.4 is 14.8 Å². The van der Waals surface area contributed by atoms with Crippen molar-refractivity contribution in [3.63, 3.8) is 0 Å². The first-order valence-corrected chi connectivity index (χ1v) is 11.6. The lowest BCUT2D eigenvalue weighted by molar-refractivity contribution is -0.139. The van der Waals surface area contributed by atoms with E-state index in [1.54, 1.807) is 0 Å². The summed E-state index contributed by atoms with van der Waals surface area (Å²) in [7, 11) is 0. The van der Waals surface area contributed by atoms with E-state index < -0.39 is 6.04 Å². The Balaban J connectivity index is 1.87. The average molecular weight is 450 g/mol. The molecule has 3 aromatic rings. The van der Waals surface area contributed by atoms with Gasteiger partial charge in [-0.15, -0.1) is 0 Å². The van der Waals surface area contributed by atoms with Gasteiger partial charge in [-0.2, -0.15) is 0 Å². The van der Waals surface area contributed by atoms with Crippen molar-refractivity contribution in [1.82, 2.24) is 9.55 Å². The first kappa shape index (κ1) is 22.7. The molecule has 174 valence electrons. The number of para-hydroxylation sites is 2. The third kappa shape index (κ3) is 4.40. The molecule has 0 spiro atoms. The van der Waals surface area contributed by atoms with Crippen LogP contribution in [0.3, 0.4) is 0 Å². The number of carbonyl (C=O) groups is 1. The zero-order valence-corrected chi connectivity index (χ0v) is 19.7. The van der Waals surface area contributed by atoms with Gasteiger partial charge in [-0.05, 0) is 57.0 Å². The molecule has 1 aliphatic rings. The van der Waals surface area contributed by atoms with E-state index in [0.717, 1.165) is 35.1 Å². The standard InChI is InChI=1S/C26H31N3O4/c1-5-8-15-33-21-14-13-18(16-22(21)31-6-2)24-23(25(30)32-7-3)17(4)27-26-28-19-11-9-10-12-20(19)29(24)26/h9-14,16,24H,5-8,15H2,1-4H3,(H,27,28)/t24-/m0/s1. The largest absolute Gasteiger partial charge is 0.490 e. The molecule has 7 nitrogen and oxygen atoms in total. The number of unbranched alkanes of at least 4 members (excludes halogenated alkanes) is 1. The van der Waals surface area contributed by atoms with Crippen molar-refractivity contribution in [2.24, 2.45) is 0 Å². The second-order valence-electron chi connectivity index (χ2n) is 7.92. The van der Waals surface area contributed by atoms with E-state index in [0.29, 0.717) is 42.8 Å². The Labute approximate surface area is 194 Å². The van der Waals surface area contributed by atoms with E-state index in [2.05, 4.69) is 16.8 Å². The molecule has 0 radical (unpaired) electrons. The van der Waals surface area contributed by atoms with Crippen molar-refractivity contribution in [3.05, 3.63) is 59.3 Å². The Morgan fingerprint density at radius 1 is 1.06 bits per heavy atom. The Bertz CT molecular complexity index is 1180. The number of rotatable bonds is 9. The van der Waals surface area contributed by atoms with Crippen molar-refractivity contribution in [2.45, 2.75) is 46.6 Å². The summed E-state index contributed by atoms with van der Waals surface area (Å²) in [5.41, 5.74) is 3.96. The third-order valence-corrected chi connectivity index (χ3v) is 5.66. The lowest BCUT2D eigenvalue weighted by atomic mass is 9.94. The van der Waals surface area contributed by atoms with Crippen molar-refractivity contribution < 1.29 is 19.0 Å². The number of esters is 1. The topological polar surface area (TPSA) is 74.6 Å². The van der Waals surface area contributed by atoms with Crippen LogP contribution in [0.25, 0.3) is 11.0 Å². The Morgan fingerprint density at radius 3 is 2.64 bits per heavy atom. The molecule has 0 unspecified atom stereocenters. The fourth-order valence-electron chi connectivity index (χ4n) is 4.16. The number of hydrogen-bond acceptors (Lipinski definition) is 6. The van der Waals surface area contributed by atoms with E-state index in [9.17, 15) is 4.79 Å². The molecule has 0 saturated carbocycles. The summed E-state index contributed by atoms with van der Waals surface area (Å²) in [6.07, 6.45) is 2.03. The van der Waals surface area contributed by atoms with Crippen molar-refractivity contribution >= 4 is 23.0 Å². The van der Waals surface area contributed by atoms with Crippen LogP contribution in [-0.2, 0) is 9.53 Å². The molecule has 0 fully saturated rings. The molecule has 0 aliphatic carbocycles. The maximum atomic E-state index is 13.1. The fourth-order valence-corrected chi connectivity index (χ4v) is 4.16. The number of fused-ring (bicyclic) bond motifs is 3. The minimum atomic E-state index is -0.420. The van der Waals surface area contributed by atoms with Crippen LogP contribution in [0.2, 0.25) is 0 Å². The molecule has 0 bridgehead atoms. The number of allylic oxidation sites excluding steroid dienone is 1. The summed E-state index contributed by atoms with van der Waals surface area (Å²) in [6, 6.07) is 13.4. The van der Waals surface area contributed by atoms with E-state index in [1.165, 1.54) is 0 Å². The smallest absolute Gasteiger partial charge is 0.338 e. The van der Waals surface area contributed by atoms with Gasteiger partial charge in [0.05, 0.1) is 42.5 Å². The molecule has 0 amide bonds. The number of nitrogens with zero attached hydrogens (tertiary/aromatic N) is 2. The van der Waals surface area contributed by atoms with Gasteiger partial charge in [0.2, 0.25) is 5.95 Å². The Hall–Kier alpha value is -3.48. The van der Waals surface area contributed by atoms with Gasteiger partial charge in [0.25, 0.3) is 0 Å². The summed E-state index contributed by atoms with van der Waals surface area (Å²) >= 11 is 0. The maximum absolute atomic E-state index is 13.1. The zero-order chi connectivity index (χ0) is 23.4. The van der Waals surface area contributed by atoms with E-state index in [-0.39, 0.29) is 5.97 Å². The van der Waals surface area contributed by atoms with E-state index in [4.69, 9.17) is 19.2 Å². The van der Waals surface area contributed by atoms with Crippen molar-refractivity contribution in [1.29, 1.82) is 0 Å². The molecular formula is C26H31N3O4. The first-order chi connectivity index (χ1) is 16.1. The van der Waals surface area contributed by atoms with Crippen LogP contribution in [0.15, 0.2) is 53.7 Å². The summed E-state index contributed by atoms with van der Waals surface area (Å²) in [6.45, 7) is 9.22. The molecule has 1 N–H and O–H groups in total. The predicted molar refractivity (Wildman–Crippen MR) is 129 cm³/mol. The highest BCUT2D eigenvalue weighted by Gasteiger charge is 2.35. The summed E-state index contributed by atoms with van der Waals surface area (Å²) in [5, 5.41) is 3.30. The van der Waals surface area contributed by atoms with Crippen molar-refractivity contribution in [2.75, 3.05) is 25.1 Å². The molecule has 1 aliphatic heterocycles. The average Bonchev–Trinajstić information content (AvgIpc) is 3.17. The van der Waals surface area contributed by atoms with Gasteiger partial charge in [-0.1, -0.05) is 31.5 Å². The molecule has 0 saturated heterocycles. The SMILES string of the molecule is CCCCOc1ccc([C@H]2C(C(=O)OCC)=C(C)Nc3nc4ccccc4n32)cc1OCC. The quantitative estimate of drug-likeness (QED) is 0.345. The minimum absolute atomic E-state index is 0.300. The van der Waals surface area contributed by atoms with Gasteiger partial charge < -0.3 is 19.5 Å². The molecule has 2 heterocycles. The number of hydrogen-bond donors (Lipinski definition) is 1. The van der Waals surface area contributed by atoms with Gasteiger partial charge >= 0.3 is 5.97 Å². The fraction of sp³-hybridized carbons (Fsp3) is 0.385. The number of anilines is 1. The number of carbonyl (C=O) groups excluding carboxylic acids is 1. The Morgan fingerprint density at radius 2 is 1.88 bits per heavy atom. The van der Waals surface area contributed by atoms with Gasteiger partial charge in [0.1, 0.15) is 0 Å². The number of benzene rings is 2. The molecule has 1 atom stereocenters. The van der Waals surface area contributed by atoms with Gasteiger partial charge in [0, 0.05) is 5.70 Å². The third-order valence-electron chi connectivity index (χ3n) is 5.66. The minimum Gasteiger partial charge on any atom is -0.490 e. The lowest BCUT2D eigenvalue weighted by Gasteiger charge is -2.30. The first-order valence-electron chi connectivity index (χ1n) is 11.6. The second-order valence-corrected chi connectivity index (χ2v) is 7.92. The summed E-state index contributed by atoms with van der Waals surface area (Å²) < 4.78 is 19.4. The van der Waals surface area contributed by atoms with Crippen LogP contribution in [0, 0.1) is 0 Å².